The molecule has 32 heavy (non-hydrogen) atoms. The molecule has 0 fully saturated rings. The predicted molar refractivity (Wildman–Crippen MR) is 135 cm³/mol. The Morgan fingerprint density at radius 2 is 1.84 bits per heavy atom. The first-order valence-electron chi connectivity index (χ1n) is 9.91. The van der Waals surface area contributed by atoms with Crippen LogP contribution in [-0.2, 0) is 27.9 Å². The summed E-state index contributed by atoms with van der Waals surface area (Å²) in [5, 5.41) is 15.8. The lowest BCUT2D eigenvalue weighted by Gasteiger charge is -2.15. The summed E-state index contributed by atoms with van der Waals surface area (Å²) in [6.07, 6.45) is 0.827. The van der Waals surface area contributed by atoms with Gasteiger partial charge in [-0.05, 0) is 44.0 Å². The highest BCUT2D eigenvalue weighted by molar-refractivity contribution is 14.0. The lowest BCUT2D eigenvalue weighted by molar-refractivity contribution is -0.127. The second-order valence-electron chi connectivity index (χ2n) is 7.43. The van der Waals surface area contributed by atoms with E-state index in [-0.39, 0.29) is 41.3 Å². The maximum absolute atomic E-state index is 11.9. The number of benzene rings is 1. The number of sulfonamides is 1. The number of likely N-dealkylation sites (N-methyl/N-ethyl adjacent to an activating group) is 1. The van der Waals surface area contributed by atoms with E-state index in [4.69, 9.17) is 5.14 Å². The number of nitrogens with zero attached hydrogens (tertiary/aromatic N) is 4. The summed E-state index contributed by atoms with van der Waals surface area (Å²) < 4.78 is 24.7. The molecule has 1 heterocycles. The largest absolute Gasteiger partial charge is 0.356 e. The van der Waals surface area contributed by atoms with Crippen LogP contribution in [0.25, 0.3) is 0 Å². The van der Waals surface area contributed by atoms with E-state index in [0.29, 0.717) is 19.0 Å². The quantitative estimate of drug-likeness (QED) is 0.176. The van der Waals surface area contributed by atoms with E-state index in [1.165, 1.54) is 17.0 Å². The highest BCUT2D eigenvalue weighted by atomic mass is 127. The molecule has 0 aliphatic rings. The number of hydrogen-bond acceptors (Lipinski definition) is 5. The second-order valence-corrected chi connectivity index (χ2v) is 8.99. The molecule has 0 radical (unpaired) electrons. The van der Waals surface area contributed by atoms with Crippen LogP contribution in [0.15, 0.2) is 40.2 Å². The molecule has 0 bridgehead atoms. The highest BCUT2D eigenvalue weighted by Gasteiger charge is 2.08. The SMILES string of the molecule is Cc1cc(C)n(CCCNC(=NCc2ccc(S(N)(=O)=O)cc2)NCC(=O)N(C)C)n1.I. The van der Waals surface area contributed by atoms with Crippen LogP contribution < -0.4 is 15.8 Å². The molecule has 4 N–H and O–H groups in total. The molecule has 0 spiro atoms. The molecule has 0 saturated carbocycles. The van der Waals surface area contributed by atoms with E-state index in [9.17, 15) is 13.2 Å². The Balaban J connectivity index is 0.00000512. The summed E-state index contributed by atoms with van der Waals surface area (Å²) in [5.74, 6) is 0.425. The molecule has 1 aromatic heterocycles. The maximum Gasteiger partial charge on any atom is 0.241 e. The molecule has 10 nitrogen and oxygen atoms in total. The number of aliphatic imine (C=N–C) groups is 1. The predicted octanol–water partition coefficient (Wildman–Crippen LogP) is 0.979. The van der Waals surface area contributed by atoms with Crippen molar-refractivity contribution < 1.29 is 13.2 Å². The third kappa shape index (κ3) is 9.12. The number of hydrogen-bond donors (Lipinski definition) is 3. The molecular weight excluding hydrogens is 545 g/mol. The van der Waals surface area contributed by atoms with E-state index in [1.807, 2.05) is 24.6 Å². The number of carbonyl (C=O) groups excluding carboxylic acids is 1. The fourth-order valence-electron chi connectivity index (χ4n) is 2.78. The Hall–Kier alpha value is -2.19. The highest BCUT2D eigenvalue weighted by Crippen LogP contribution is 2.09. The van der Waals surface area contributed by atoms with Crippen LogP contribution in [0.4, 0.5) is 0 Å². The lowest BCUT2D eigenvalue weighted by Crippen LogP contribution is -2.43. The van der Waals surface area contributed by atoms with Gasteiger partial charge in [-0.3, -0.25) is 9.48 Å². The van der Waals surface area contributed by atoms with Gasteiger partial charge >= 0.3 is 0 Å². The molecular formula is C20H32IN7O3S. The van der Waals surface area contributed by atoms with Gasteiger partial charge in [-0.25, -0.2) is 18.5 Å². The summed E-state index contributed by atoms with van der Waals surface area (Å²) >= 11 is 0. The minimum atomic E-state index is -3.73. The zero-order valence-electron chi connectivity index (χ0n) is 18.8. The van der Waals surface area contributed by atoms with Gasteiger partial charge in [-0.2, -0.15) is 5.10 Å². The van der Waals surface area contributed by atoms with E-state index in [1.54, 1.807) is 26.2 Å². The number of rotatable bonds is 9. The van der Waals surface area contributed by atoms with Crippen molar-refractivity contribution in [3.63, 3.8) is 0 Å². The number of aryl methyl sites for hydroxylation is 3. The number of halogens is 1. The Morgan fingerprint density at radius 1 is 1.19 bits per heavy atom. The first-order valence-corrected chi connectivity index (χ1v) is 11.5. The van der Waals surface area contributed by atoms with Crippen molar-refractivity contribution in [2.24, 2.45) is 10.1 Å². The minimum Gasteiger partial charge on any atom is -0.356 e. The van der Waals surface area contributed by atoms with Gasteiger partial charge in [0, 0.05) is 32.9 Å². The number of primary sulfonamides is 1. The van der Waals surface area contributed by atoms with Crippen molar-refractivity contribution in [1.82, 2.24) is 25.3 Å². The van der Waals surface area contributed by atoms with E-state index >= 15 is 0 Å². The molecule has 1 amide bonds. The van der Waals surface area contributed by atoms with Crippen molar-refractivity contribution in [1.29, 1.82) is 0 Å². The Kier molecular flexibility index (Phi) is 11.1. The van der Waals surface area contributed by atoms with Crippen LogP contribution in [0.1, 0.15) is 23.4 Å². The molecule has 0 aliphatic heterocycles. The third-order valence-corrected chi connectivity index (χ3v) is 5.45. The number of amides is 1. The van der Waals surface area contributed by atoms with Crippen LogP contribution in [0.2, 0.25) is 0 Å². The number of nitrogens with two attached hydrogens (primary N) is 1. The number of aromatic nitrogens is 2. The van der Waals surface area contributed by atoms with Gasteiger partial charge in [0.2, 0.25) is 15.9 Å². The van der Waals surface area contributed by atoms with Crippen molar-refractivity contribution >= 4 is 45.9 Å². The van der Waals surface area contributed by atoms with Crippen molar-refractivity contribution in [2.45, 2.75) is 38.3 Å². The molecule has 0 unspecified atom stereocenters. The monoisotopic (exact) mass is 577 g/mol. The molecule has 2 aromatic rings. The van der Waals surface area contributed by atoms with Gasteiger partial charge in [0.25, 0.3) is 0 Å². The Morgan fingerprint density at radius 3 is 2.38 bits per heavy atom. The van der Waals surface area contributed by atoms with Gasteiger partial charge in [0.1, 0.15) is 0 Å². The van der Waals surface area contributed by atoms with Crippen LogP contribution in [-0.4, -0.2) is 62.1 Å². The third-order valence-electron chi connectivity index (χ3n) is 4.52. The Bertz CT molecular complexity index is 1020. The zero-order chi connectivity index (χ0) is 23.0. The first-order chi connectivity index (χ1) is 14.6. The zero-order valence-corrected chi connectivity index (χ0v) is 22.0. The fraction of sp³-hybridized carbons (Fsp3) is 0.450. The summed E-state index contributed by atoms with van der Waals surface area (Å²) in [6, 6.07) is 8.26. The van der Waals surface area contributed by atoms with Crippen molar-refractivity contribution in [3.05, 3.63) is 47.3 Å². The minimum absolute atomic E-state index is 0. The average molecular weight is 577 g/mol. The number of guanidine groups is 1. The lowest BCUT2D eigenvalue weighted by atomic mass is 10.2. The second kappa shape index (κ2) is 12.7. The topological polar surface area (TPSA) is 135 Å². The van der Waals surface area contributed by atoms with Gasteiger partial charge in [-0.15, -0.1) is 24.0 Å². The van der Waals surface area contributed by atoms with Crippen LogP contribution in [0.3, 0.4) is 0 Å². The van der Waals surface area contributed by atoms with Crippen LogP contribution in [0, 0.1) is 13.8 Å². The normalized spacial score (nSPS) is 11.6. The molecule has 0 atom stereocenters. The molecule has 0 aliphatic carbocycles. The summed E-state index contributed by atoms with van der Waals surface area (Å²) in [5.41, 5.74) is 2.92. The summed E-state index contributed by atoms with van der Waals surface area (Å²) in [6.45, 7) is 5.83. The summed E-state index contributed by atoms with van der Waals surface area (Å²) in [7, 11) is -0.346. The molecule has 2 rings (SSSR count). The molecule has 0 saturated heterocycles. The Labute approximate surface area is 206 Å². The standard InChI is InChI=1S/C20H31N7O3S.HI/c1-15-12-16(2)27(25-15)11-5-10-22-20(24-14-19(28)26(3)4)23-13-17-6-8-18(9-7-17)31(21,29)30;/h6-9,12H,5,10-11,13-14H2,1-4H3,(H2,21,29,30)(H2,22,23,24);1H. The summed E-state index contributed by atoms with van der Waals surface area (Å²) in [4.78, 5) is 18.0. The van der Waals surface area contributed by atoms with E-state index in [2.05, 4.69) is 20.7 Å². The van der Waals surface area contributed by atoms with E-state index in [0.717, 1.165) is 29.9 Å². The number of carbonyl (C=O) groups is 1. The number of nitrogens with one attached hydrogen (secondary N) is 2. The fourth-order valence-corrected chi connectivity index (χ4v) is 3.30. The van der Waals surface area contributed by atoms with E-state index < -0.39 is 10.0 Å². The van der Waals surface area contributed by atoms with Gasteiger partial charge in [0.15, 0.2) is 5.96 Å². The van der Waals surface area contributed by atoms with Gasteiger partial charge in [0.05, 0.1) is 23.7 Å². The molecule has 178 valence electrons. The van der Waals surface area contributed by atoms with Crippen LogP contribution in [0.5, 0.6) is 0 Å². The maximum atomic E-state index is 11.9. The smallest absolute Gasteiger partial charge is 0.241 e. The average Bonchev–Trinajstić information content (AvgIpc) is 3.02. The molecule has 12 heteroatoms. The molecule has 1 aromatic carbocycles. The van der Waals surface area contributed by atoms with Gasteiger partial charge < -0.3 is 15.5 Å². The van der Waals surface area contributed by atoms with Crippen molar-refractivity contribution in [3.8, 4) is 0 Å². The van der Waals surface area contributed by atoms with Crippen LogP contribution >= 0.6 is 24.0 Å². The first kappa shape index (κ1) is 27.8. The van der Waals surface area contributed by atoms with Gasteiger partial charge in [-0.1, -0.05) is 12.1 Å². The van der Waals surface area contributed by atoms with Crippen molar-refractivity contribution in [2.75, 3.05) is 27.2 Å².